The fourth-order valence-corrected chi connectivity index (χ4v) is 2.13. The van der Waals surface area contributed by atoms with Crippen LogP contribution < -0.4 is 5.32 Å². The van der Waals surface area contributed by atoms with E-state index in [9.17, 15) is 0 Å². The lowest BCUT2D eigenvalue weighted by Gasteiger charge is -2.14. The highest BCUT2D eigenvalue weighted by molar-refractivity contribution is 5.26. The van der Waals surface area contributed by atoms with Crippen LogP contribution in [0, 0.1) is 13.8 Å². The first kappa shape index (κ1) is 13.3. The van der Waals surface area contributed by atoms with Crippen LogP contribution in [0.3, 0.4) is 0 Å². The van der Waals surface area contributed by atoms with Crippen molar-refractivity contribution in [2.24, 2.45) is 0 Å². The van der Waals surface area contributed by atoms with Crippen molar-refractivity contribution in [1.82, 2.24) is 9.88 Å². The first-order chi connectivity index (χ1) is 7.63. The predicted molar refractivity (Wildman–Crippen MR) is 67.6 cm³/mol. The number of rotatable bonds is 6. The van der Waals surface area contributed by atoms with Gasteiger partial charge >= 0.3 is 0 Å². The minimum absolute atomic E-state index is 0.211. The van der Waals surface area contributed by atoms with Gasteiger partial charge in [-0.15, -0.1) is 0 Å². The lowest BCUT2D eigenvalue weighted by atomic mass is 10.2. The highest BCUT2D eigenvalue weighted by Crippen LogP contribution is 2.14. The molecule has 0 radical (unpaired) electrons. The molecule has 0 amide bonds. The van der Waals surface area contributed by atoms with Crippen LogP contribution in [0.25, 0.3) is 0 Å². The van der Waals surface area contributed by atoms with Crippen LogP contribution >= 0.6 is 0 Å². The lowest BCUT2D eigenvalue weighted by molar-refractivity contribution is 0.238. The highest BCUT2D eigenvalue weighted by Gasteiger charge is 2.09. The molecule has 1 aromatic rings. The summed E-state index contributed by atoms with van der Waals surface area (Å²) in [5.74, 6) is 0. The van der Waals surface area contributed by atoms with Gasteiger partial charge in [0, 0.05) is 30.5 Å². The lowest BCUT2D eigenvalue weighted by Crippen LogP contribution is -2.31. The minimum Gasteiger partial charge on any atom is -0.395 e. The Labute approximate surface area is 98.5 Å². The first-order valence-electron chi connectivity index (χ1n) is 6.13. The summed E-state index contributed by atoms with van der Waals surface area (Å²) in [7, 11) is 0. The van der Waals surface area contributed by atoms with Gasteiger partial charge in [-0.05, 0) is 38.8 Å². The molecule has 16 heavy (non-hydrogen) atoms. The maximum absolute atomic E-state index is 9.11. The number of hydrogen-bond acceptors (Lipinski definition) is 2. The summed E-state index contributed by atoms with van der Waals surface area (Å²) in [6.07, 6.45) is 0.961. The smallest absolute Gasteiger partial charge is 0.0584 e. The normalized spacial score (nSPS) is 13.1. The molecule has 0 spiro atoms. The van der Waals surface area contributed by atoms with Gasteiger partial charge in [0.15, 0.2) is 0 Å². The number of nitrogens with one attached hydrogen (secondary N) is 1. The number of aryl methyl sites for hydroxylation is 1. The first-order valence-corrected chi connectivity index (χ1v) is 6.13. The zero-order chi connectivity index (χ0) is 12.1. The fourth-order valence-electron chi connectivity index (χ4n) is 2.13. The van der Waals surface area contributed by atoms with E-state index >= 15 is 0 Å². The van der Waals surface area contributed by atoms with E-state index in [1.165, 1.54) is 17.0 Å². The summed E-state index contributed by atoms with van der Waals surface area (Å²) in [4.78, 5) is 0. The molecule has 0 bridgehead atoms. The second-order valence-corrected chi connectivity index (χ2v) is 4.31. The molecule has 0 aliphatic heterocycles. The molecular weight excluding hydrogens is 200 g/mol. The van der Waals surface area contributed by atoms with E-state index < -0.39 is 0 Å². The fraction of sp³-hybridized carbons (Fsp3) is 0.692. The van der Waals surface area contributed by atoms with E-state index in [-0.39, 0.29) is 12.6 Å². The molecule has 1 unspecified atom stereocenters. The molecule has 1 aromatic heterocycles. The molecular formula is C13H24N2O. The second-order valence-electron chi connectivity index (χ2n) is 4.31. The summed E-state index contributed by atoms with van der Waals surface area (Å²) >= 11 is 0. The van der Waals surface area contributed by atoms with E-state index in [0.717, 1.165) is 19.5 Å². The van der Waals surface area contributed by atoms with E-state index in [1.54, 1.807) is 0 Å². The number of nitrogens with zero attached hydrogens (tertiary/aromatic N) is 1. The van der Waals surface area contributed by atoms with E-state index in [4.69, 9.17) is 5.11 Å². The maximum Gasteiger partial charge on any atom is 0.0584 e. The molecule has 0 aromatic carbocycles. The molecule has 0 saturated carbocycles. The van der Waals surface area contributed by atoms with Crippen molar-refractivity contribution < 1.29 is 5.11 Å². The average molecular weight is 224 g/mol. The Balaban J connectivity index is 2.67. The summed E-state index contributed by atoms with van der Waals surface area (Å²) in [6, 6.07) is 2.44. The Kier molecular flexibility index (Phi) is 5.03. The van der Waals surface area contributed by atoms with Gasteiger partial charge in [0.05, 0.1) is 6.61 Å². The SMILES string of the molecule is CCC(CO)NCc1cc(C)n(CC)c1C. The third-order valence-corrected chi connectivity index (χ3v) is 3.29. The van der Waals surface area contributed by atoms with Crippen molar-refractivity contribution in [3.8, 4) is 0 Å². The van der Waals surface area contributed by atoms with Gasteiger partial charge in [-0.2, -0.15) is 0 Å². The van der Waals surface area contributed by atoms with Crippen LogP contribution in [-0.4, -0.2) is 22.3 Å². The highest BCUT2D eigenvalue weighted by atomic mass is 16.3. The molecule has 0 aliphatic rings. The van der Waals surface area contributed by atoms with Gasteiger partial charge in [0.2, 0.25) is 0 Å². The quantitative estimate of drug-likeness (QED) is 0.775. The topological polar surface area (TPSA) is 37.2 Å². The van der Waals surface area contributed by atoms with Gasteiger partial charge in [0.25, 0.3) is 0 Å². The van der Waals surface area contributed by atoms with Gasteiger partial charge in [-0.1, -0.05) is 6.92 Å². The Morgan fingerprint density at radius 1 is 1.38 bits per heavy atom. The monoisotopic (exact) mass is 224 g/mol. The van der Waals surface area contributed by atoms with E-state index in [1.807, 2.05) is 0 Å². The van der Waals surface area contributed by atoms with Crippen LogP contribution in [0.15, 0.2) is 6.07 Å². The van der Waals surface area contributed by atoms with Crippen LogP contribution in [0.1, 0.15) is 37.2 Å². The van der Waals surface area contributed by atoms with Gasteiger partial charge in [-0.25, -0.2) is 0 Å². The third-order valence-electron chi connectivity index (χ3n) is 3.29. The van der Waals surface area contributed by atoms with Gasteiger partial charge in [-0.3, -0.25) is 0 Å². The number of aliphatic hydroxyl groups is 1. The molecule has 92 valence electrons. The zero-order valence-corrected chi connectivity index (χ0v) is 10.9. The van der Waals surface area contributed by atoms with Crippen molar-refractivity contribution in [2.75, 3.05) is 6.61 Å². The van der Waals surface area contributed by atoms with E-state index in [0.29, 0.717) is 0 Å². The van der Waals surface area contributed by atoms with E-state index in [2.05, 4.69) is 43.6 Å². The van der Waals surface area contributed by atoms with Crippen molar-refractivity contribution in [2.45, 2.75) is 53.2 Å². The Morgan fingerprint density at radius 3 is 2.50 bits per heavy atom. The van der Waals surface area contributed by atoms with Crippen molar-refractivity contribution in [3.05, 3.63) is 23.0 Å². The molecule has 1 heterocycles. The summed E-state index contributed by atoms with van der Waals surface area (Å²) < 4.78 is 2.32. The van der Waals surface area contributed by atoms with Gasteiger partial charge in [0.1, 0.15) is 0 Å². The zero-order valence-electron chi connectivity index (χ0n) is 10.9. The molecule has 3 heteroatoms. The Hall–Kier alpha value is -0.800. The summed E-state index contributed by atoms with van der Waals surface area (Å²) in [5, 5.41) is 12.5. The number of aliphatic hydroxyl groups excluding tert-OH is 1. The molecule has 2 N–H and O–H groups in total. The number of aromatic nitrogens is 1. The van der Waals surface area contributed by atoms with Crippen LogP contribution in [0.2, 0.25) is 0 Å². The van der Waals surface area contributed by atoms with Crippen LogP contribution in [0.5, 0.6) is 0 Å². The standard InChI is InChI=1S/C13H24N2O/c1-5-13(9-16)14-8-12-7-10(3)15(6-2)11(12)4/h7,13-14,16H,5-6,8-9H2,1-4H3. The molecule has 0 saturated heterocycles. The van der Waals surface area contributed by atoms with Crippen molar-refractivity contribution >= 4 is 0 Å². The maximum atomic E-state index is 9.11. The second kappa shape index (κ2) is 6.06. The van der Waals surface area contributed by atoms with Crippen LogP contribution in [-0.2, 0) is 13.1 Å². The average Bonchev–Trinajstić information content (AvgIpc) is 2.55. The van der Waals surface area contributed by atoms with Gasteiger partial charge < -0.3 is 15.0 Å². The summed E-state index contributed by atoms with van der Waals surface area (Å²) in [5.41, 5.74) is 3.99. The molecule has 1 atom stereocenters. The number of hydrogen-bond donors (Lipinski definition) is 2. The van der Waals surface area contributed by atoms with Crippen molar-refractivity contribution in [1.29, 1.82) is 0 Å². The molecule has 0 fully saturated rings. The van der Waals surface area contributed by atoms with Crippen LogP contribution in [0.4, 0.5) is 0 Å². The Bertz CT molecular complexity index is 327. The molecule has 1 rings (SSSR count). The van der Waals surface area contributed by atoms with Crippen molar-refractivity contribution in [3.63, 3.8) is 0 Å². The summed E-state index contributed by atoms with van der Waals surface area (Å²) in [6.45, 7) is 10.6. The predicted octanol–water partition coefficient (Wildman–Crippen LogP) is 1.99. The molecule has 0 aliphatic carbocycles. The Morgan fingerprint density at radius 2 is 2.06 bits per heavy atom. The minimum atomic E-state index is 0.211. The molecule has 3 nitrogen and oxygen atoms in total. The third kappa shape index (κ3) is 2.86. The largest absolute Gasteiger partial charge is 0.395 e.